The average Bonchev–Trinajstić information content (AvgIpc) is 3.21. The quantitative estimate of drug-likeness (QED) is 0.378. The lowest BCUT2D eigenvalue weighted by molar-refractivity contribution is 0.0528. The summed E-state index contributed by atoms with van der Waals surface area (Å²) in [6, 6.07) is 17.0. The van der Waals surface area contributed by atoms with Gasteiger partial charge in [0.25, 0.3) is 0 Å². The van der Waals surface area contributed by atoms with Crippen molar-refractivity contribution in [1.82, 2.24) is 15.3 Å². The van der Waals surface area contributed by atoms with Crippen LogP contribution in [0.4, 0.5) is 4.79 Å². The van der Waals surface area contributed by atoms with Crippen LogP contribution < -0.4 is 5.32 Å². The number of nitrogens with zero attached hydrogens (tertiary/aromatic N) is 1. The lowest BCUT2D eigenvalue weighted by atomic mass is 10.00. The normalized spacial score (nSPS) is 12.0. The second-order valence-corrected chi connectivity index (χ2v) is 11.5. The van der Waals surface area contributed by atoms with Crippen LogP contribution in [-0.2, 0) is 21.0 Å². The average molecular weight is 492 g/mol. The molecular formula is C27H29N3O4S. The van der Waals surface area contributed by atoms with Crippen LogP contribution in [0.5, 0.6) is 0 Å². The van der Waals surface area contributed by atoms with Crippen molar-refractivity contribution in [3.8, 4) is 22.3 Å². The molecule has 35 heavy (non-hydrogen) atoms. The molecule has 0 saturated carbocycles. The first-order chi connectivity index (χ1) is 16.5. The zero-order valence-corrected chi connectivity index (χ0v) is 21.1. The van der Waals surface area contributed by atoms with Crippen molar-refractivity contribution in [2.75, 3.05) is 12.8 Å². The van der Waals surface area contributed by atoms with Gasteiger partial charge in [0.05, 0.1) is 4.90 Å². The fourth-order valence-electron chi connectivity index (χ4n) is 3.82. The van der Waals surface area contributed by atoms with E-state index in [-0.39, 0.29) is 4.90 Å². The molecule has 0 saturated heterocycles. The van der Waals surface area contributed by atoms with Gasteiger partial charge in [-0.1, -0.05) is 36.4 Å². The maximum atomic E-state index is 12.0. The lowest BCUT2D eigenvalue weighted by Crippen LogP contribution is -2.33. The molecule has 2 N–H and O–H groups in total. The van der Waals surface area contributed by atoms with Crippen molar-refractivity contribution < 1.29 is 17.9 Å². The third-order valence-electron chi connectivity index (χ3n) is 5.45. The standard InChI is InChI=1S/C27H29N3O4S/c1-27(2,3)34-26(31)28-12-11-18-7-5-9-20(13-18)24-17-30-25-23(24)15-21(16-29-25)19-8-6-10-22(14-19)35(4,32)33/h5-10,13-17H,11-12H2,1-4H3,(H,28,31)(H,29,30). The van der Waals surface area contributed by atoms with Gasteiger partial charge in [-0.15, -0.1) is 0 Å². The van der Waals surface area contributed by atoms with Crippen LogP contribution in [0, 0.1) is 0 Å². The van der Waals surface area contributed by atoms with Crippen molar-refractivity contribution in [1.29, 1.82) is 0 Å². The summed E-state index contributed by atoms with van der Waals surface area (Å²) < 4.78 is 29.2. The van der Waals surface area contributed by atoms with Gasteiger partial charge in [-0.2, -0.15) is 0 Å². The van der Waals surface area contributed by atoms with Crippen LogP contribution in [0.1, 0.15) is 26.3 Å². The van der Waals surface area contributed by atoms with Crippen molar-refractivity contribution in [3.63, 3.8) is 0 Å². The van der Waals surface area contributed by atoms with Crippen molar-refractivity contribution >= 4 is 27.0 Å². The Labute approximate surface area is 205 Å². The molecule has 2 aromatic heterocycles. The topological polar surface area (TPSA) is 101 Å². The Morgan fingerprint density at radius 1 is 1.03 bits per heavy atom. The third kappa shape index (κ3) is 6.08. The van der Waals surface area contributed by atoms with Crippen LogP contribution in [0.25, 0.3) is 33.3 Å². The summed E-state index contributed by atoms with van der Waals surface area (Å²) in [5, 5.41) is 3.73. The monoisotopic (exact) mass is 491 g/mol. The molecule has 4 rings (SSSR count). The van der Waals surface area contributed by atoms with E-state index in [1.165, 1.54) is 6.26 Å². The minimum Gasteiger partial charge on any atom is -0.444 e. The smallest absolute Gasteiger partial charge is 0.407 e. The molecule has 0 aliphatic heterocycles. The van der Waals surface area contributed by atoms with Gasteiger partial charge < -0.3 is 15.0 Å². The summed E-state index contributed by atoms with van der Waals surface area (Å²) in [6.07, 6.45) is 5.10. The molecule has 8 heteroatoms. The first-order valence-electron chi connectivity index (χ1n) is 11.3. The van der Waals surface area contributed by atoms with Gasteiger partial charge in [0.2, 0.25) is 0 Å². The Hall–Kier alpha value is -3.65. The summed E-state index contributed by atoms with van der Waals surface area (Å²) in [6.45, 7) is 5.97. The molecule has 7 nitrogen and oxygen atoms in total. The molecule has 0 atom stereocenters. The summed E-state index contributed by atoms with van der Waals surface area (Å²) in [5.74, 6) is 0. The predicted molar refractivity (Wildman–Crippen MR) is 138 cm³/mol. The number of hydrogen-bond donors (Lipinski definition) is 2. The number of hydrogen-bond acceptors (Lipinski definition) is 5. The Morgan fingerprint density at radius 3 is 2.51 bits per heavy atom. The number of aromatic amines is 1. The summed E-state index contributed by atoms with van der Waals surface area (Å²) in [5.41, 5.74) is 4.94. The largest absolute Gasteiger partial charge is 0.444 e. The number of ether oxygens (including phenoxy) is 1. The molecule has 0 bridgehead atoms. The van der Waals surface area contributed by atoms with E-state index in [1.807, 2.05) is 57.3 Å². The minimum atomic E-state index is -3.30. The highest BCUT2D eigenvalue weighted by Gasteiger charge is 2.16. The van der Waals surface area contributed by atoms with E-state index in [1.54, 1.807) is 24.4 Å². The van der Waals surface area contributed by atoms with Crippen LogP contribution in [0.2, 0.25) is 0 Å². The SMILES string of the molecule is CC(C)(C)OC(=O)NCCc1cccc(-c2c[nH]c3ncc(-c4cccc(S(C)(=O)=O)c4)cc23)c1. The molecule has 1 amide bonds. The maximum absolute atomic E-state index is 12.0. The number of rotatable bonds is 6. The summed E-state index contributed by atoms with van der Waals surface area (Å²) >= 11 is 0. The Kier molecular flexibility index (Phi) is 6.67. The molecule has 0 radical (unpaired) electrons. The van der Waals surface area contributed by atoms with Crippen molar-refractivity contribution in [2.45, 2.75) is 37.7 Å². The van der Waals surface area contributed by atoms with Crippen molar-refractivity contribution in [3.05, 3.63) is 72.6 Å². The molecule has 4 aromatic rings. The highest BCUT2D eigenvalue weighted by molar-refractivity contribution is 7.90. The van der Waals surface area contributed by atoms with Gasteiger partial charge in [0, 0.05) is 41.7 Å². The van der Waals surface area contributed by atoms with Crippen LogP contribution in [0.15, 0.2) is 71.9 Å². The molecule has 0 spiro atoms. The van der Waals surface area contributed by atoms with E-state index in [2.05, 4.69) is 21.4 Å². The van der Waals surface area contributed by atoms with Gasteiger partial charge in [-0.25, -0.2) is 18.2 Å². The van der Waals surface area contributed by atoms with Gasteiger partial charge in [0.1, 0.15) is 11.2 Å². The molecular weight excluding hydrogens is 462 g/mol. The van der Waals surface area contributed by atoms with Crippen LogP contribution in [0.3, 0.4) is 0 Å². The number of H-pyrrole nitrogens is 1. The first kappa shape index (κ1) is 24.5. The molecule has 0 aliphatic rings. The highest BCUT2D eigenvalue weighted by atomic mass is 32.2. The number of aromatic nitrogens is 2. The van der Waals surface area contributed by atoms with Gasteiger partial charge in [-0.05, 0) is 62.1 Å². The fraction of sp³-hybridized carbons (Fsp3) is 0.259. The van der Waals surface area contributed by atoms with E-state index in [0.717, 1.165) is 38.9 Å². The fourth-order valence-corrected chi connectivity index (χ4v) is 4.49. The van der Waals surface area contributed by atoms with E-state index in [4.69, 9.17) is 4.74 Å². The maximum Gasteiger partial charge on any atom is 0.407 e. The Bertz CT molecular complexity index is 1480. The lowest BCUT2D eigenvalue weighted by Gasteiger charge is -2.19. The number of amides is 1. The van der Waals surface area contributed by atoms with Gasteiger partial charge in [-0.3, -0.25) is 0 Å². The third-order valence-corrected chi connectivity index (χ3v) is 6.56. The van der Waals surface area contributed by atoms with Crippen molar-refractivity contribution in [2.24, 2.45) is 0 Å². The van der Waals surface area contributed by atoms with Crippen LogP contribution in [-0.4, -0.2) is 42.9 Å². The zero-order chi connectivity index (χ0) is 25.2. The number of alkyl carbamates (subject to hydrolysis) is 1. The Balaban J connectivity index is 1.58. The second-order valence-electron chi connectivity index (χ2n) is 9.50. The zero-order valence-electron chi connectivity index (χ0n) is 20.3. The second kappa shape index (κ2) is 9.54. The number of fused-ring (bicyclic) bond motifs is 1. The van der Waals surface area contributed by atoms with E-state index >= 15 is 0 Å². The highest BCUT2D eigenvalue weighted by Crippen LogP contribution is 2.32. The minimum absolute atomic E-state index is 0.275. The molecule has 2 heterocycles. The van der Waals surface area contributed by atoms with Gasteiger partial charge >= 0.3 is 6.09 Å². The number of benzene rings is 2. The van der Waals surface area contributed by atoms with E-state index in [9.17, 15) is 13.2 Å². The predicted octanol–water partition coefficient (Wildman–Crippen LogP) is 5.37. The number of carbonyl (C=O) groups is 1. The number of sulfone groups is 1. The summed E-state index contributed by atoms with van der Waals surface area (Å²) in [4.78, 5) is 19.9. The van der Waals surface area contributed by atoms with Gasteiger partial charge in [0.15, 0.2) is 9.84 Å². The Morgan fingerprint density at radius 2 is 1.77 bits per heavy atom. The number of pyridine rings is 1. The van der Waals surface area contributed by atoms with Crippen LogP contribution >= 0.6 is 0 Å². The molecule has 0 fully saturated rings. The summed E-state index contributed by atoms with van der Waals surface area (Å²) in [7, 11) is -3.30. The molecule has 0 aliphatic carbocycles. The first-order valence-corrected chi connectivity index (χ1v) is 13.2. The molecule has 2 aromatic carbocycles. The molecule has 0 unspecified atom stereocenters. The molecule has 182 valence electrons. The van der Waals surface area contributed by atoms with E-state index < -0.39 is 21.5 Å². The number of nitrogens with one attached hydrogen (secondary N) is 2. The van der Waals surface area contributed by atoms with E-state index in [0.29, 0.717) is 13.0 Å². The number of carbonyl (C=O) groups excluding carboxylic acids is 1.